The molecule has 2 aliphatic heterocycles. The van der Waals surface area contributed by atoms with E-state index < -0.39 is 5.41 Å². The van der Waals surface area contributed by atoms with Crippen LogP contribution in [-0.2, 0) is 19.7 Å². The molecule has 6 nitrogen and oxygen atoms in total. The lowest BCUT2D eigenvalue weighted by Gasteiger charge is -2.36. The van der Waals surface area contributed by atoms with E-state index in [2.05, 4.69) is 5.32 Å². The highest BCUT2D eigenvalue weighted by Gasteiger charge is 2.42. The van der Waals surface area contributed by atoms with E-state index in [0.29, 0.717) is 38.2 Å². The van der Waals surface area contributed by atoms with E-state index in [1.807, 2.05) is 54.3 Å². The molecule has 6 heteroatoms. The number of hydrogen-bond donors (Lipinski definition) is 1. The minimum atomic E-state index is -0.654. The molecule has 2 saturated heterocycles. The second-order valence-corrected chi connectivity index (χ2v) is 8.03. The molecule has 2 aromatic rings. The van der Waals surface area contributed by atoms with Gasteiger partial charge in [0.2, 0.25) is 11.8 Å². The van der Waals surface area contributed by atoms with E-state index in [9.17, 15) is 9.59 Å². The quantitative estimate of drug-likeness (QED) is 0.817. The van der Waals surface area contributed by atoms with Gasteiger partial charge in [-0.2, -0.15) is 0 Å². The molecule has 2 aromatic carbocycles. The first-order valence-corrected chi connectivity index (χ1v) is 10.5. The van der Waals surface area contributed by atoms with Gasteiger partial charge in [0.25, 0.3) is 0 Å². The fourth-order valence-corrected chi connectivity index (χ4v) is 4.41. The number of ether oxygens (including phenoxy) is 2. The molecule has 4 rings (SSSR count). The molecule has 0 atom stereocenters. The lowest BCUT2D eigenvalue weighted by atomic mass is 9.73. The van der Waals surface area contributed by atoms with Crippen molar-refractivity contribution in [2.75, 3.05) is 37.1 Å². The zero-order valence-corrected chi connectivity index (χ0v) is 17.6. The van der Waals surface area contributed by atoms with Crippen LogP contribution in [0.25, 0.3) is 0 Å². The van der Waals surface area contributed by atoms with Gasteiger partial charge in [0, 0.05) is 37.6 Å². The molecule has 30 heavy (non-hydrogen) atoms. The zero-order chi connectivity index (χ0) is 21.1. The van der Waals surface area contributed by atoms with E-state index in [0.717, 1.165) is 35.5 Å². The Balaban J connectivity index is 1.62. The standard InChI is InChI=1S/C24H28N2O4/c1-17-5-8-19(16-21(17)26-13-3-4-22(26)27)25-23(28)24(11-14-30-15-12-24)18-6-9-20(29-2)10-7-18/h5-10,16H,3-4,11-15H2,1-2H3,(H,25,28). The number of hydrogen-bond acceptors (Lipinski definition) is 4. The molecule has 0 aliphatic carbocycles. The second kappa shape index (κ2) is 8.48. The molecular formula is C24H28N2O4. The highest BCUT2D eigenvalue weighted by atomic mass is 16.5. The summed E-state index contributed by atoms with van der Waals surface area (Å²) in [5.74, 6) is 0.860. The Morgan fingerprint density at radius 2 is 1.87 bits per heavy atom. The van der Waals surface area contributed by atoms with Crippen LogP contribution in [0.5, 0.6) is 5.75 Å². The summed E-state index contributed by atoms with van der Waals surface area (Å²) >= 11 is 0. The van der Waals surface area contributed by atoms with Gasteiger partial charge in [-0.25, -0.2) is 0 Å². The number of amides is 2. The Bertz CT molecular complexity index is 933. The first-order valence-electron chi connectivity index (χ1n) is 10.5. The fraction of sp³-hybridized carbons (Fsp3) is 0.417. The Morgan fingerprint density at radius 3 is 2.50 bits per heavy atom. The monoisotopic (exact) mass is 408 g/mol. The molecule has 0 saturated carbocycles. The fourth-order valence-electron chi connectivity index (χ4n) is 4.41. The van der Waals surface area contributed by atoms with Crippen molar-refractivity contribution in [3.05, 3.63) is 53.6 Å². The van der Waals surface area contributed by atoms with E-state index in [1.165, 1.54) is 0 Å². The normalized spacial score (nSPS) is 18.3. The molecule has 2 amide bonds. The molecule has 0 aromatic heterocycles. The third-order valence-corrected chi connectivity index (χ3v) is 6.25. The van der Waals surface area contributed by atoms with Crippen LogP contribution in [0.2, 0.25) is 0 Å². The van der Waals surface area contributed by atoms with Crippen molar-refractivity contribution in [3.63, 3.8) is 0 Å². The van der Waals surface area contributed by atoms with Crippen LogP contribution in [0.1, 0.15) is 36.8 Å². The predicted octanol–water partition coefficient (Wildman–Crippen LogP) is 3.82. The van der Waals surface area contributed by atoms with Gasteiger partial charge in [-0.15, -0.1) is 0 Å². The first kappa shape index (κ1) is 20.4. The molecule has 2 fully saturated rings. The number of rotatable bonds is 5. The second-order valence-electron chi connectivity index (χ2n) is 8.03. The maximum Gasteiger partial charge on any atom is 0.235 e. The number of aryl methyl sites for hydroxylation is 1. The van der Waals surface area contributed by atoms with Crippen LogP contribution in [0.4, 0.5) is 11.4 Å². The van der Waals surface area contributed by atoms with Crippen molar-refractivity contribution in [2.24, 2.45) is 0 Å². The van der Waals surface area contributed by atoms with Crippen LogP contribution in [-0.4, -0.2) is 38.7 Å². The van der Waals surface area contributed by atoms with Crippen molar-refractivity contribution in [1.82, 2.24) is 0 Å². The van der Waals surface area contributed by atoms with Gasteiger partial charge in [-0.1, -0.05) is 18.2 Å². The molecular weight excluding hydrogens is 380 g/mol. The molecule has 2 heterocycles. The van der Waals surface area contributed by atoms with Gasteiger partial charge in [0.1, 0.15) is 5.75 Å². The molecule has 2 aliphatic rings. The molecule has 1 N–H and O–H groups in total. The number of methoxy groups -OCH3 is 1. The highest BCUT2D eigenvalue weighted by molar-refractivity contribution is 6.01. The minimum absolute atomic E-state index is 0.0430. The van der Waals surface area contributed by atoms with Crippen LogP contribution in [0.15, 0.2) is 42.5 Å². The van der Waals surface area contributed by atoms with Crippen LogP contribution in [0.3, 0.4) is 0 Å². The van der Waals surface area contributed by atoms with Crippen molar-refractivity contribution in [1.29, 1.82) is 0 Å². The van der Waals surface area contributed by atoms with Crippen molar-refractivity contribution < 1.29 is 19.1 Å². The van der Waals surface area contributed by atoms with Crippen molar-refractivity contribution in [3.8, 4) is 5.75 Å². The molecule has 0 bridgehead atoms. The number of nitrogens with zero attached hydrogens (tertiary/aromatic N) is 1. The van der Waals surface area contributed by atoms with E-state index >= 15 is 0 Å². The third-order valence-electron chi connectivity index (χ3n) is 6.25. The predicted molar refractivity (Wildman–Crippen MR) is 116 cm³/mol. The summed E-state index contributed by atoms with van der Waals surface area (Å²) < 4.78 is 10.8. The maximum absolute atomic E-state index is 13.5. The Morgan fingerprint density at radius 1 is 1.13 bits per heavy atom. The average molecular weight is 408 g/mol. The topological polar surface area (TPSA) is 67.9 Å². The van der Waals surface area contributed by atoms with Gasteiger partial charge in [-0.05, 0) is 61.6 Å². The van der Waals surface area contributed by atoms with Gasteiger partial charge in [-0.3, -0.25) is 9.59 Å². The largest absolute Gasteiger partial charge is 0.497 e. The summed E-state index contributed by atoms with van der Waals surface area (Å²) in [6.45, 7) is 3.80. The van der Waals surface area contributed by atoms with E-state index in [4.69, 9.17) is 9.47 Å². The Hall–Kier alpha value is -2.86. The summed E-state index contributed by atoms with van der Waals surface area (Å²) in [6.07, 6.45) is 2.69. The Labute approximate surface area is 177 Å². The highest BCUT2D eigenvalue weighted by Crippen LogP contribution is 2.37. The number of anilines is 2. The van der Waals surface area contributed by atoms with E-state index in [-0.39, 0.29) is 11.8 Å². The summed E-state index contributed by atoms with van der Waals surface area (Å²) in [7, 11) is 1.63. The number of carbonyl (C=O) groups excluding carboxylic acids is 2. The van der Waals surface area contributed by atoms with Crippen molar-refractivity contribution >= 4 is 23.2 Å². The summed E-state index contributed by atoms with van der Waals surface area (Å²) in [5, 5.41) is 3.12. The zero-order valence-electron chi connectivity index (χ0n) is 17.6. The van der Waals surface area contributed by atoms with E-state index in [1.54, 1.807) is 7.11 Å². The number of nitrogens with one attached hydrogen (secondary N) is 1. The van der Waals surface area contributed by atoms with Crippen LogP contribution < -0.4 is 15.0 Å². The first-order chi connectivity index (χ1) is 14.5. The van der Waals surface area contributed by atoms with Gasteiger partial charge >= 0.3 is 0 Å². The minimum Gasteiger partial charge on any atom is -0.497 e. The lowest BCUT2D eigenvalue weighted by Crippen LogP contribution is -2.44. The summed E-state index contributed by atoms with van der Waals surface area (Å²) in [5.41, 5.74) is 2.92. The SMILES string of the molecule is COc1ccc(C2(C(=O)Nc3ccc(C)c(N4CCCC4=O)c3)CCOCC2)cc1. The van der Waals surface area contributed by atoms with Crippen LogP contribution in [0, 0.1) is 6.92 Å². The Kier molecular flexibility index (Phi) is 5.77. The average Bonchev–Trinajstić information content (AvgIpc) is 3.21. The van der Waals surface area contributed by atoms with Crippen molar-refractivity contribution in [2.45, 2.75) is 38.0 Å². The third kappa shape index (κ3) is 3.79. The maximum atomic E-state index is 13.5. The number of carbonyl (C=O) groups is 2. The molecule has 0 radical (unpaired) electrons. The smallest absolute Gasteiger partial charge is 0.235 e. The van der Waals surface area contributed by atoms with Gasteiger partial charge in [0.15, 0.2) is 0 Å². The number of benzene rings is 2. The summed E-state index contributed by atoms with van der Waals surface area (Å²) in [4.78, 5) is 27.6. The summed E-state index contributed by atoms with van der Waals surface area (Å²) in [6, 6.07) is 13.5. The van der Waals surface area contributed by atoms with Gasteiger partial charge in [0.05, 0.1) is 12.5 Å². The van der Waals surface area contributed by atoms with Crippen LogP contribution >= 0.6 is 0 Å². The molecule has 158 valence electrons. The van der Waals surface area contributed by atoms with Gasteiger partial charge < -0.3 is 19.7 Å². The molecule has 0 spiro atoms. The lowest BCUT2D eigenvalue weighted by molar-refractivity contribution is -0.125. The molecule has 0 unspecified atom stereocenters.